The van der Waals surface area contributed by atoms with E-state index < -0.39 is 0 Å². The van der Waals surface area contributed by atoms with Gasteiger partial charge in [0.2, 0.25) is 5.91 Å². The number of hydrogen-bond acceptors (Lipinski definition) is 4. The zero-order chi connectivity index (χ0) is 13.8. The molecular weight excluding hydrogens is 240 g/mol. The van der Waals surface area contributed by atoms with Crippen LogP contribution in [0.5, 0.6) is 0 Å². The lowest BCUT2D eigenvalue weighted by molar-refractivity contribution is -0.127. The molecular formula is C14H22N4O. The van der Waals surface area contributed by atoms with E-state index in [0.29, 0.717) is 6.54 Å². The van der Waals surface area contributed by atoms with Gasteiger partial charge in [0, 0.05) is 26.2 Å². The lowest BCUT2D eigenvalue weighted by Gasteiger charge is -2.22. The van der Waals surface area contributed by atoms with Gasteiger partial charge in [-0.05, 0) is 25.0 Å². The highest BCUT2D eigenvalue weighted by Gasteiger charge is 2.19. The SMILES string of the molecule is CC[C@H](N)c1ccc(N2CCCN(C)C(=O)C2)cn1. The second-order valence-electron chi connectivity index (χ2n) is 5.05. The molecule has 0 spiro atoms. The fourth-order valence-corrected chi connectivity index (χ4v) is 2.22. The number of hydrogen-bond donors (Lipinski definition) is 1. The molecule has 1 aromatic rings. The maximum absolute atomic E-state index is 11.9. The van der Waals surface area contributed by atoms with E-state index in [1.807, 2.05) is 32.3 Å². The number of carbonyl (C=O) groups is 1. The number of nitrogens with zero attached hydrogens (tertiary/aromatic N) is 3. The molecule has 0 radical (unpaired) electrons. The van der Waals surface area contributed by atoms with Gasteiger partial charge >= 0.3 is 0 Å². The van der Waals surface area contributed by atoms with E-state index in [0.717, 1.165) is 37.3 Å². The Morgan fingerprint density at radius 3 is 2.84 bits per heavy atom. The minimum atomic E-state index is -0.00838. The summed E-state index contributed by atoms with van der Waals surface area (Å²) in [4.78, 5) is 20.1. The van der Waals surface area contributed by atoms with E-state index in [9.17, 15) is 4.79 Å². The summed E-state index contributed by atoms with van der Waals surface area (Å²) in [6.07, 6.45) is 3.68. The first-order chi connectivity index (χ1) is 9.11. The topological polar surface area (TPSA) is 62.5 Å². The summed E-state index contributed by atoms with van der Waals surface area (Å²) in [5.74, 6) is 0.159. The molecule has 1 aliphatic rings. The number of nitrogens with two attached hydrogens (primary N) is 1. The van der Waals surface area contributed by atoms with Crippen LogP contribution in [0.1, 0.15) is 31.5 Å². The van der Waals surface area contributed by atoms with Gasteiger partial charge in [0.1, 0.15) is 0 Å². The Morgan fingerprint density at radius 1 is 1.42 bits per heavy atom. The minimum Gasteiger partial charge on any atom is -0.361 e. The summed E-state index contributed by atoms with van der Waals surface area (Å²) in [7, 11) is 1.85. The smallest absolute Gasteiger partial charge is 0.241 e. The first kappa shape index (κ1) is 13.8. The van der Waals surface area contributed by atoms with E-state index >= 15 is 0 Å². The Balaban J connectivity index is 2.11. The maximum Gasteiger partial charge on any atom is 0.241 e. The lowest BCUT2D eigenvalue weighted by atomic mass is 10.1. The van der Waals surface area contributed by atoms with Crippen LogP contribution in [0.25, 0.3) is 0 Å². The highest BCUT2D eigenvalue weighted by atomic mass is 16.2. The Bertz CT molecular complexity index is 432. The molecule has 19 heavy (non-hydrogen) atoms. The van der Waals surface area contributed by atoms with Crippen LogP contribution in [-0.2, 0) is 4.79 Å². The van der Waals surface area contributed by atoms with E-state index in [1.165, 1.54) is 0 Å². The average Bonchev–Trinajstić information content (AvgIpc) is 2.60. The van der Waals surface area contributed by atoms with Gasteiger partial charge in [0.15, 0.2) is 0 Å². The predicted molar refractivity (Wildman–Crippen MR) is 75.9 cm³/mol. The van der Waals surface area contributed by atoms with Crippen molar-refractivity contribution in [3.63, 3.8) is 0 Å². The number of aromatic nitrogens is 1. The second-order valence-corrected chi connectivity index (χ2v) is 5.05. The highest BCUT2D eigenvalue weighted by molar-refractivity contribution is 5.81. The van der Waals surface area contributed by atoms with Gasteiger partial charge in [-0.3, -0.25) is 9.78 Å². The molecule has 0 unspecified atom stereocenters. The summed E-state index contributed by atoms with van der Waals surface area (Å²) < 4.78 is 0. The summed E-state index contributed by atoms with van der Waals surface area (Å²) in [6, 6.07) is 3.96. The van der Waals surface area contributed by atoms with E-state index in [2.05, 4.69) is 9.88 Å². The zero-order valence-electron chi connectivity index (χ0n) is 11.7. The maximum atomic E-state index is 11.9. The molecule has 1 saturated heterocycles. The number of pyridine rings is 1. The molecule has 1 aliphatic heterocycles. The molecule has 5 heteroatoms. The van der Waals surface area contributed by atoms with Crippen molar-refractivity contribution in [1.82, 2.24) is 9.88 Å². The van der Waals surface area contributed by atoms with Crippen LogP contribution in [0.2, 0.25) is 0 Å². The molecule has 2 rings (SSSR count). The van der Waals surface area contributed by atoms with Gasteiger partial charge in [-0.25, -0.2) is 0 Å². The van der Waals surface area contributed by atoms with Crippen molar-refractivity contribution >= 4 is 11.6 Å². The standard InChI is InChI=1S/C14H22N4O/c1-3-12(15)13-6-5-11(9-16-13)18-8-4-7-17(2)14(19)10-18/h5-6,9,12H,3-4,7-8,10,15H2,1-2H3/t12-/m0/s1. The molecule has 0 saturated carbocycles. The molecule has 5 nitrogen and oxygen atoms in total. The van der Waals surface area contributed by atoms with Crippen molar-refractivity contribution in [2.75, 3.05) is 31.6 Å². The number of likely N-dealkylation sites (N-methyl/N-ethyl adjacent to an activating group) is 1. The van der Waals surface area contributed by atoms with Crippen molar-refractivity contribution in [3.05, 3.63) is 24.0 Å². The third kappa shape index (κ3) is 3.23. The molecule has 0 bridgehead atoms. The largest absolute Gasteiger partial charge is 0.361 e. The number of rotatable bonds is 3. The molecule has 2 N–H and O–H groups in total. The fraction of sp³-hybridized carbons (Fsp3) is 0.571. The third-order valence-corrected chi connectivity index (χ3v) is 3.63. The monoisotopic (exact) mass is 262 g/mol. The van der Waals surface area contributed by atoms with Crippen LogP contribution < -0.4 is 10.6 Å². The fourth-order valence-electron chi connectivity index (χ4n) is 2.22. The molecule has 1 aromatic heterocycles. The van der Waals surface area contributed by atoms with Crippen LogP contribution >= 0.6 is 0 Å². The molecule has 0 aliphatic carbocycles. The predicted octanol–water partition coefficient (Wildman–Crippen LogP) is 1.16. The minimum absolute atomic E-state index is 0.00838. The van der Waals surface area contributed by atoms with Crippen LogP contribution in [0.15, 0.2) is 18.3 Å². The highest BCUT2D eigenvalue weighted by Crippen LogP contribution is 2.18. The van der Waals surface area contributed by atoms with Crippen LogP contribution in [0.3, 0.4) is 0 Å². The first-order valence-corrected chi connectivity index (χ1v) is 6.82. The molecule has 1 amide bonds. The summed E-state index contributed by atoms with van der Waals surface area (Å²) in [5.41, 5.74) is 7.85. The van der Waals surface area contributed by atoms with Crippen molar-refractivity contribution < 1.29 is 4.79 Å². The Labute approximate surface area is 114 Å². The third-order valence-electron chi connectivity index (χ3n) is 3.63. The molecule has 1 fully saturated rings. The number of anilines is 1. The average molecular weight is 262 g/mol. The van der Waals surface area contributed by atoms with Gasteiger partial charge < -0.3 is 15.5 Å². The van der Waals surface area contributed by atoms with Crippen molar-refractivity contribution in [3.8, 4) is 0 Å². The molecule has 1 atom stereocenters. The number of amides is 1. The Hall–Kier alpha value is -1.62. The van der Waals surface area contributed by atoms with Crippen molar-refractivity contribution in [2.24, 2.45) is 5.73 Å². The van der Waals surface area contributed by atoms with Gasteiger partial charge in [-0.1, -0.05) is 6.92 Å². The second kappa shape index (κ2) is 6.02. The van der Waals surface area contributed by atoms with Crippen molar-refractivity contribution in [2.45, 2.75) is 25.8 Å². The van der Waals surface area contributed by atoms with Crippen molar-refractivity contribution in [1.29, 1.82) is 0 Å². The van der Waals surface area contributed by atoms with E-state index in [4.69, 9.17) is 5.73 Å². The first-order valence-electron chi connectivity index (χ1n) is 6.82. The summed E-state index contributed by atoms with van der Waals surface area (Å²) in [5, 5.41) is 0. The van der Waals surface area contributed by atoms with E-state index in [1.54, 1.807) is 4.90 Å². The van der Waals surface area contributed by atoms with Gasteiger partial charge in [0.05, 0.1) is 24.1 Å². The quantitative estimate of drug-likeness (QED) is 0.888. The summed E-state index contributed by atoms with van der Waals surface area (Å²) >= 11 is 0. The van der Waals surface area contributed by atoms with Crippen LogP contribution in [0.4, 0.5) is 5.69 Å². The Kier molecular flexibility index (Phi) is 4.37. The normalized spacial score (nSPS) is 18.4. The van der Waals surface area contributed by atoms with E-state index in [-0.39, 0.29) is 11.9 Å². The molecule has 104 valence electrons. The van der Waals surface area contributed by atoms with Gasteiger partial charge in [-0.2, -0.15) is 0 Å². The molecule has 2 heterocycles. The zero-order valence-corrected chi connectivity index (χ0v) is 11.7. The van der Waals surface area contributed by atoms with Gasteiger partial charge in [-0.15, -0.1) is 0 Å². The van der Waals surface area contributed by atoms with Crippen LogP contribution in [-0.4, -0.2) is 42.5 Å². The Morgan fingerprint density at radius 2 is 2.21 bits per heavy atom. The molecule has 0 aromatic carbocycles. The van der Waals surface area contributed by atoms with Crippen LogP contribution in [0, 0.1) is 0 Å². The lowest BCUT2D eigenvalue weighted by Crippen LogP contribution is -2.34. The van der Waals surface area contributed by atoms with Gasteiger partial charge in [0.25, 0.3) is 0 Å². The number of carbonyl (C=O) groups excluding carboxylic acids is 1. The summed E-state index contributed by atoms with van der Waals surface area (Å²) in [6.45, 7) is 4.18.